The fourth-order valence-electron chi connectivity index (χ4n) is 4.10. The smallest absolute Gasteiger partial charge is 0.252 e. The van der Waals surface area contributed by atoms with Gasteiger partial charge in [0.2, 0.25) is 0 Å². The molecule has 2 aliphatic rings. The van der Waals surface area contributed by atoms with Gasteiger partial charge in [-0.1, -0.05) is 60.6 Å². The first kappa shape index (κ1) is 17.8. The lowest BCUT2D eigenvalue weighted by atomic mass is 9.62. The van der Waals surface area contributed by atoms with E-state index >= 15 is 0 Å². The summed E-state index contributed by atoms with van der Waals surface area (Å²) in [5.74, 6) is 0.835. The zero-order valence-electron chi connectivity index (χ0n) is 12.1. The Morgan fingerprint density at radius 1 is 1.32 bits per heavy atom. The topological polar surface area (TPSA) is 29.1 Å². The van der Waals surface area contributed by atoms with Crippen LogP contribution >= 0.6 is 27.5 Å². The molecule has 0 aromatic heterocycles. The summed E-state index contributed by atoms with van der Waals surface area (Å²) in [6.07, 6.45) is 9.21. The highest BCUT2D eigenvalue weighted by Crippen LogP contribution is 2.48. The number of carbonyl (C=O) groups is 1. The summed E-state index contributed by atoms with van der Waals surface area (Å²) in [5.41, 5.74) is 0.903. The summed E-state index contributed by atoms with van der Waals surface area (Å²) < 4.78 is 0.880. The summed E-state index contributed by atoms with van der Waals surface area (Å²) in [4.78, 5) is 12.4. The lowest BCUT2D eigenvalue weighted by Gasteiger charge is -2.45. The molecule has 0 unspecified atom stereocenters. The van der Waals surface area contributed by atoms with Gasteiger partial charge in [0.15, 0.2) is 0 Å². The maximum Gasteiger partial charge on any atom is 0.252 e. The molecule has 122 valence electrons. The van der Waals surface area contributed by atoms with Crippen LogP contribution in [0.4, 0.5) is 0 Å². The summed E-state index contributed by atoms with van der Waals surface area (Å²) in [7, 11) is 0. The zero-order valence-corrected chi connectivity index (χ0v) is 14.5. The van der Waals surface area contributed by atoms with Crippen LogP contribution in [0.2, 0.25) is 5.02 Å². The number of hydrogen-bond donors (Lipinski definition) is 1. The number of nitrogens with one attached hydrogen (secondary N) is 1. The van der Waals surface area contributed by atoms with Crippen LogP contribution in [0.15, 0.2) is 22.7 Å². The van der Waals surface area contributed by atoms with E-state index in [1.807, 2.05) is 6.07 Å². The van der Waals surface area contributed by atoms with Crippen molar-refractivity contribution in [2.75, 3.05) is 6.54 Å². The van der Waals surface area contributed by atoms with Gasteiger partial charge in [0, 0.05) is 11.0 Å². The van der Waals surface area contributed by atoms with Gasteiger partial charge in [-0.2, -0.15) is 0 Å². The highest BCUT2D eigenvalue weighted by molar-refractivity contribution is 9.10. The molecule has 1 N–H and O–H groups in total. The predicted octanol–water partition coefficient (Wildman–Crippen LogP) is 5.83. The van der Waals surface area contributed by atoms with Crippen LogP contribution in [-0.4, -0.2) is 12.5 Å². The van der Waals surface area contributed by atoms with E-state index in [1.165, 1.54) is 44.9 Å². The lowest BCUT2D eigenvalue weighted by molar-refractivity contribution is 0.0682. The number of hydrogen-bond acceptors (Lipinski definition) is 1. The monoisotopic (exact) mass is 385 g/mol. The molecule has 1 aromatic rings. The SMILES string of the molecule is C.O=C(NCC12CCCC(CCC1)C2)c1cc(Br)ccc1Cl. The Labute approximate surface area is 147 Å². The van der Waals surface area contributed by atoms with Crippen LogP contribution in [0.25, 0.3) is 0 Å². The van der Waals surface area contributed by atoms with Crippen LogP contribution in [0.3, 0.4) is 0 Å². The van der Waals surface area contributed by atoms with Crippen molar-refractivity contribution in [3.8, 4) is 0 Å². The second kappa shape index (κ2) is 7.35. The second-order valence-corrected chi connectivity index (χ2v) is 7.98. The standard InChI is InChI=1S/C17H21BrClNO.CH4/c18-13-5-6-15(19)14(9-13)16(21)20-11-17-7-1-3-12(10-17)4-2-8-17;/h5-6,9,12H,1-4,7-8,10-11H2,(H,20,21);1H4. The molecule has 1 amide bonds. The van der Waals surface area contributed by atoms with Crippen LogP contribution in [0.1, 0.15) is 62.7 Å². The van der Waals surface area contributed by atoms with Crippen LogP contribution in [0, 0.1) is 11.3 Å². The van der Waals surface area contributed by atoms with E-state index in [0.717, 1.165) is 16.9 Å². The average Bonchev–Trinajstić information content (AvgIpc) is 2.47. The molecular formula is C18H25BrClNO. The van der Waals surface area contributed by atoms with Crippen molar-refractivity contribution in [2.24, 2.45) is 11.3 Å². The van der Waals surface area contributed by atoms with Crippen molar-refractivity contribution in [1.29, 1.82) is 0 Å². The Bertz CT molecular complexity index is 536. The molecule has 3 rings (SSSR count). The minimum absolute atomic E-state index is 0. The molecular weight excluding hydrogens is 362 g/mol. The number of fused-ring (bicyclic) bond motifs is 2. The van der Waals surface area contributed by atoms with Gasteiger partial charge in [-0.3, -0.25) is 4.79 Å². The minimum Gasteiger partial charge on any atom is -0.351 e. The molecule has 4 heteroatoms. The van der Waals surface area contributed by atoms with Gasteiger partial charge in [0.05, 0.1) is 10.6 Å². The maximum absolute atomic E-state index is 12.4. The molecule has 0 spiro atoms. The molecule has 2 bridgehead atoms. The second-order valence-electron chi connectivity index (χ2n) is 6.66. The van der Waals surface area contributed by atoms with E-state index in [2.05, 4.69) is 21.2 Å². The Kier molecular flexibility index (Phi) is 5.95. The predicted molar refractivity (Wildman–Crippen MR) is 96.5 cm³/mol. The normalized spacial score (nSPS) is 26.9. The molecule has 22 heavy (non-hydrogen) atoms. The van der Waals surface area contributed by atoms with Crippen LogP contribution in [-0.2, 0) is 0 Å². The van der Waals surface area contributed by atoms with Gasteiger partial charge in [0.1, 0.15) is 0 Å². The summed E-state index contributed by atoms with van der Waals surface area (Å²) in [6.45, 7) is 0.797. The third-order valence-corrected chi connectivity index (χ3v) is 5.98. The highest BCUT2D eigenvalue weighted by atomic mass is 79.9. The number of amides is 1. The summed E-state index contributed by atoms with van der Waals surface area (Å²) in [6, 6.07) is 5.40. The molecule has 2 saturated carbocycles. The fourth-order valence-corrected chi connectivity index (χ4v) is 4.67. The molecule has 0 heterocycles. The van der Waals surface area contributed by atoms with Crippen molar-refractivity contribution >= 4 is 33.4 Å². The first-order chi connectivity index (χ1) is 10.1. The number of carbonyl (C=O) groups excluding carboxylic acids is 1. The third kappa shape index (κ3) is 3.86. The van der Waals surface area contributed by atoms with E-state index in [9.17, 15) is 4.79 Å². The van der Waals surface area contributed by atoms with E-state index in [0.29, 0.717) is 16.0 Å². The Balaban J connectivity index is 0.00000176. The van der Waals surface area contributed by atoms with Crippen molar-refractivity contribution in [3.63, 3.8) is 0 Å². The van der Waals surface area contributed by atoms with E-state index < -0.39 is 0 Å². The van der Waals surface area contributed by atoms with Crippen molar-refractivity contribution < 1.29 is 4.79 Å². The number of rotatable bonds is 3. The van der Waals surface area contributed by atoms with Gasteiger partial charge < -0.3 is 5.32 Å². The van der Waals surface area contributed by atoms with Crippen LogP contribution < -0.4 is 5.32 Å². The Hall–Kier alpha value is -0.540. The van der Waals surface area contributed by atoms with Crippen molar-refractivity contribution in [3.05, 3.63) is 33.3 Å². The van der Waals surface area contributed by atoms with E-state index in [1.54, 1.807) is 12.1 Å². The summed E-state index contributed by atoms with van der Waals surface area (Å²) >= 11 is 9.53. The zero-order chi connectivity index (χ0) is 14.9. The van der Waals surface area contributed by atoms with Gasteiger partial charge in [-0.05, 0) is 48.8 Å². The molecule has 1 aromatic carbocycles. The molecule has 2 fully saturated rings. The van der Waals surface area contributed by atoms with Gasteiger partial charge in [0.25, 0.3) is 5.91 Å². The molecule has 0 radical (unpaired) electrons. The molecule has 0 atom stereocenters. The van der Waals surface area contributed by atoms with Crippen molar-refractivity contribution in [1.82, 2.24) is 5.32 Å². The largest absolute Gasteiger partial charge is 0.351 e. The van der Waals surface area contributed by atoms with Gasteiger partial charge >= 0.3 is 0 Å². The lowest BCUT2D eigenvalue weighted by Crippen LogP contribution is -2.43. The summed E-state index contributed by atoms with van der Waals surface area (Å²) in [5, 5.41) is 3.65. The quantitative estimate of drug-likeness (QED) is 0.695. The Morgan fingerprint density at radius 2 is 2.00 bits per heavy atom. The fraction of sp³-hybridized carbons (Fsp3) is 0.611. The first-order valence-electron chi connectivity index (χ1n) is 7.81. The van der Waals surface area contributed by atoms with E-state index in [-0.39, 0.29) is 13.3 Å². The number of halogens is 2. The number of benzene rings is 1. The van der Waals surface area contributed by atoms with E-state index in [4.69, 9.17) is 11.6 Å². The maximum atomic E-state index is 12.4. The first-order valence-corrected chi connectivity index (χ1v) is 8.98. The van der Waals surface area contributed by atoms with Crippen LogP contribution in [0.5, 0.6) is 0 Å². The average molecular weight is 387 g/mol. The molecule has 2 aliphatic carbocycles. The van der Waals surface area contributed by atoms with Crippen molar-refractivity contribution in [2.45, 2.75) is 52.4 Å². The molecule has 0 aliphatic heterocycles. The van der Waals surface area contributed by atoms with Gasteiger partial charge in [-0.25, -0.2) is 0 Å². The third-order valence-electron chi connectivity index (χ3n) is 5.16. The Morgan fingerprint density at radius 3 is 2.68 bits per heavy atom. The molecule has 0 saturated heterocycles. The molecule has 2 nitrogen and oxygen atoms in total. The van der Waals surface area contributed by atoms with Gasteiger partial charge in [-0.15, -0.1) is 0 Å². The highest BCUT2D eigenvalue weighted by Gasteiger charge is 2.39. The minimum atomic E-state index is -0.0524.